The minimum Gasteiger partial charge on any atom is -0.370 e. The highest BCUT2D eigenvalue weighted by Gasteiger charge is 2.24. The summed E-state index contributed by atoms with van der Waals surface area (Å²) in [5.74, 6) is 0.313. The maximum atomic E-state index is 11.4. The molecule has 0 heterocycles. The molecule has 1 unspecified atom stereocenters. The number of nitrogens with two attached hydrogens (primary N) is 2. The lowest BCUT2D eigenvalue weighted by molar-refractivity contribution is -0.118. The molecule has 0 bridgehead atoms. The van der Waals surface area contributed by atoms with Crippen molar-refractivity contribution < 1.29 is 4.79 Å². The van der Waals surface area contributed by atoms with Crippen LogP contribution in [0.5, 0.6) is 0 Å². The average Bonchev–Trinajstić information content (AvgIpc) is 2.14. The largest absolute Gasteiger partial charge is 0.370 e. The van der Waals surface area contributed by atoms with Crippen LogP contribution in [-0.4, -0.2) is 41.3 Å². The molecule has 4 N–H and O–H groups in total. The van der Waals surface area contributed by atoms with Gasteiger partial charge in [0.1, 0.15) is 5.78 Å². The van der Waals surface area contributed by atoms with Crippen molar-refractivity contribution >= 4 is 11.7 Å². The van der Waals surface area contributed by atoms with Crippen molar-refractivity contribution in [2.24, 2.45) is 16.5 Å². The summed E-state index contributed by atoms with van der Waals surface area (Å²) in [4.78, 5) is 17.7. The lowest BCUT2D eigenvalue weighted by atomic mass is 10.0. The molecule has 18 heavy (non-hydrogen) atoms. The van der Waals surface area contributed by atoms with Crippen molar-refractivity contribution in [1.29, 1.82) is 0 Å². The van der Waals surface area contributed by atoms with E-state index in [1.807, 2.05) is 0 Å². The molecule has 0 aliphatic rings. The van der Waals surface area contributed by atoms with Gasteiger partial charge in [-0.15, -0.1) is 0 Å². The Morgan fingerprint density at radius 1 is 1.17 bits per heavy atom. The van der Waals surface area contributed by atoms with Crippen molar-refractivity contribution in [2.75, 3.05) is 6.54 Å². The molecule has 0 saturated heterocycles. The molecule has 5 heteroatoms. The van der Waals surface area contributed by atoms with Crippen molar-refractivity contribution in [3.05, 3.63) is 0 Å². The predicted molar refractivity (Wildman–Crippen MR) is 76.5 cm³/mol. The zero-order valence-electron chi connectivity index (χ0n) is 12.3. The third-order valence-corrected chi connectivity index (χ3v) is 2.89. The van der Waals surface area contributed by atoms with Crippen molar-refractivity contribution in [3.8, 4) is 0 Å². The van der Waals surface area contributed by atoms with Crippen LogP contribution in [0, 0.1) is 0 Å². The Morgan fingerprint density at radius 2 is 1.67 bits per heavy atom. The van der Waals surface area contributed by atoms with Crippen LogP contribution in [0.25, 0.3) is 0 Å². The van der Waals surface area contributed by atoms with E-state index in [1.165, 1.54) is 0 Å². The Morgan fingerprint density at radius 3 is 2.00 bits per heavy atom. The van der Waals surface area contributed by atoms with E-state index in [9.17, 15) is 4.79 Å². The van der Waals surface area contributed by atoms with Gasteiger partial charge >= 0.3 is 0 Å². The van der Waals surface area contributed by atoms with Crippen LogP contribution in [-0.2, 0) is 4.79 Å². The Balaban J connectivity index is 4.72. The average molecular weight is 256 g/mol. The summed E-state index contributed by atoms with van der Waals surface area (Å²) >= 11 is 0. The highest BCUT2D eigenvalue weighted by Crippen LogP contribution is 2.17. The third-order valence-electron chi connectivity index (χ3n) is 2.89. The number of ketones is 1. The lowest BCUT2D eigenvalue weighted by Crippen LogP contribution is -2.46. The van der Waals surface area contributed by atoms with E-state index in [1.54, 1.807) is 6.92 Å². The van der Waals surface area contributed by atoms with Gasteiger partial charge in [-0.25, -0.2) is 0 Å². The SMILES string of the molecule is CC(=O)CC(CCN=C(N)N)N(C(C)C)C(C)C. The number of hydrogen-bond acceptors (Lipinski definition) is 3. The highest BCUT2D eigenvalue weighted by atomic mass is 16.1. The summed E-state index contributed by atoms with van der Waals surface area (Å²) in [6, 6.07) is 0.993. The van der Waals surface area contributed by atoms with Crippen LogP contribution in [0.1, 0.15) is 47.5 Å². The quantitative estimate of drug-likeness (QED) is 0.503. The van der Waals surface area contributed by atoms with Crippen LogP contribution in [0.3, 0.4) is 0 Å². The van der Waals surface area contributed by atoms with Gasteiger partial charge in [0.15, 0.2) is 5.96 Å². The fraction of sp³-hybridized carbons (Fsp3) is 0.846. The first-order valence-corrected chi connectivity index (χ1v) is 6.58. The molecular weight excluding hydrogens is 228 g/mol. The second-order valence-electron chi connectivity index (χ2n) is 5.29. The minimum atomic E-state index is 0.109. The first-order valence-electron chi connectivity index (χ1n) is 6.58. The predicted octanol–water partition coefficient (Wildman–Crippen LogP) is 1.12. The molecule has 0 aromatic rings. The number of aliphatic imine (C=N–C) groups is 1. The highest BCUT2D eigenvalue weighted by molar-refractivity contribution is 5.76. The number of carbonyl (C=O) groups is 1. The van der Waals surface area contributed by atoms with Gasteiger partial charge in [0.05, 0.1) is 0 Å². The molecule has 0 radical (unpaired) electrons. The minimum absolute atomic E-state index is 0.109. The van der Waals surface area contributed by atoms with Gasteiger partial charge in [-0.1, -0.05) is 0 Å². The first-order chi connectivity index (χ1) is 8.25. The van der Waals surface area contributed by atoms with E-state index < -0.39 is 0 Å². The molecule has 0 rings (SSSR count). The third kappa shape index (κ3) is 6.59. The maximum absolute atomic E-state index is 11.4. The van der Waals surface area contributed by atoms with E-state index in [-0.39, 0.29) is 17.8 Å². The van der Waals surface area contributed by atoms with Gasteiger partial charge in [-0.05, 0) is 41.0 Å². The second-order valence-corrected chi connectivity index (χ2v) is 5.29. The number of hydrogen-bond donors (Lipinski definition) is 2. The van der Waals surface area contributed by atoms with Gasteiger partial charge in [0, 0.05) is 31.1 Å². The fourth-order valence-corrected chi connectivity index (χ4v) is 2.47. The standard InChI is InChI=1S/C13H28N4O/c1-9(2)17(10(3)4)12(8-11(5)18)6-7-16-13(14)15/h9-10,12H,6-8H2,1-5H3,(H4,14,15,16). The maximum Gasteiger partial charge on any atom is 0.185 e. The molecule has 0 fully saturated rings. The van der Waals surface area contributed by atoms with Crippen LogP contribution >= 0.6 is 0 Å². The van der Waals surface area contributed by atoms with E-state index >= 15 is 0 Å². The lowest BCUT2D eigenvalue weighted by Gasteiger charge is -2.37. The van der Waals surface area contributed by atoms with Gasteiger partial charge in [-0.3, -0.25) is 14.7 Å². The summed E-state index contributed by atoms with van der Waals surface area (Å²) in [5, 5.41) is 0. The zero-order valence-corrected chi connectivity index (χ0v) is 12.3. The molecule has 0 aliphatic heterocycles. The summed E-state index contributed by atoms with van der Waals surface area (Å²) < 4.78 is 0. The van der Waals surface area contributed by atoms with E-state index in [4.69, 9.17) is 11.5 Å². The van der Waals surface area contributed by atoms with E-state index in [2.05, 4.69) is 37.6 Å². The number of nitrogens with zero attached hydrogens (tertiary/aromatic N) is 2. The molecule has 0 aromatic heterocycles. The Labute approximate surface area is 111 Å². The molecule has 5 nitrogen and oxygen atoms in total. The second kappa shape index (κ2) is 8.08. The van der Waals surface area contributed by atoms with E-state index in [0.29, 0.717) is 25.0 Å². The molecule has 0 amide bonds. The molecule has 0 aliphatic carbocycles. The summed E-state index contributed by atoms with van der Waals surface area (Å²) in [7, 11) is 0. The molecule has 0 aromatic carbocycles. The normalized spacial score (nSPS) is 13.1. The Bertz CT molecular complexity index is 275. The molecular formula is C13H28N4O. The van der Waals surface area contributed by atoms with Gasteiger partial charge in [0.2, 0.25) is 0 Å². The number of Topliss-reactive ketones (excluding diaryl/α,β-unsaturated/α-hetero) is 1. The number of carbonyl (C=O) groups excluding carboxylic acids is 1. The number of rotatable bonds is 8. The molecule has 106 valence electrons. The van der Waals surface area contributed by atoms with Crippen LogP contribution in [0.4, 0.5) is 0 Å². The van der Waals surface area contributed by atoms with Gasteiger partial charge in [0.25, 0.3) is 0 Å². The summed E-state index contributed by atoms with van der Waals surface area (Å²) in [6.07, 6.45) is 1.35. The van der Waals surface area contributed by atoms with Gasteiger partial charge < -0.3 is 11.5 Å². The van der Waals surface area contributed by atoms with E-state index in [0.717, 1.165) is 6.42 Å². The monoisotopic (exact) mass is 256 g/mol. The molecule has 1 atom stereocenters. The van der Waals surface area contributed by atoms with Crippen LogP contribution < -0.4 is 11.5 Å². The Kier molecular flexibility index (Phi) is 7.59. The smallest absolute Gasteiger partial charge is 0.185 e. The molecule has 0 spiro atoms. The van der Waals surface area contributed by atoms with Crippen LogP contribution in [0.2, 0.25) is 0 Å². The fourth-order valence-electron chi connectivity index (χ4n) is 2.47. The molecule has 0 saturated carbocycles. The summed E-state index contributed by atoms with van der Waals surface area (Å²) in [5.41, 5.74) is 10.6. The first kappa shape index (κ1) is 16.9. The van der Waals surface area contributed by atoms with Crippen LogP contribution in [0.15, 0.2) is 4.99 Å². The topological polar surface area (TPSA) is 84.7 Å². The number of guanidine groups is 1. The van der Waals surface area contributed by atoms with Gasteiger partial charge in [-0.2, -0.15) is 0 Å². The van der Waals surface area contributed by atoms with Crippen molar-refractivity contribution in [1.82, 2.24) is 4.90 Å². The summed E-state index contributed by atoms with van der Waals surface area (Å²) in [6.45, 7) is 10.8. The Hall–Kier alpha value is -1.10. The zero-order chi connectivity index (χ0) is 14.3. The van der Waals surface area contributed by atoms with Crippen molar-refractivity contribution in [2.45, 2.75) is 65.6 Å². The van der Waals surface area contributed by atoms with Crippen molar-refractivity contribution in [3.63, 3.8) is 0 Å².